The first-order valence-electron chi connectivity index (χ1n) is 8.29. The summed E-state index contributed by atoms with van der Waals surface area (Å²) in [5.74, 6) is 0.492. The Morgan fingerprint density at radius 1 is 1.28 bits per heavy atom. The number of esters is 1. The van der Waals surface area contributed by atoms with E-state index < -0.39 is 0 Å². The minimum absolute atomic E-state index is 0.0369. The number of benzene rings is 1. The van der Waals surface area contributed by atoms with Gasteiger partial charge in [-0.1, -0.05) is 37.3 Å². The van der Waals surface area contributed by atoms with Crippen molar-refractivity contribution in [3.05, 3.63) is 52.6 Å². The standard InChI is InChI=1S/C19H20N2O3S/c1-3-16-20-18-14(12-15(25-18)13-8-5-4-6-9-13)19(23)21(16)11-7-10-17(22)24-2/h4-6,8-9,12H,3,7,10-11H2,1-2H3. The number of rotatable bonds is 6. The van der Waals surface area contributed by atoms with E-state index in [1.807, 2.05) is 43.3 Å². The molecule has 25 heavy (non-hydrogen) atoms. The molecule has 0 radical (unpaired) electrons. The van der Waals surface area contributed by atoms with Crippen LogP contribution in [0.3, 0.4) is 0 Å². The number of ether oxygens (including phenoxy) is 1. The highest BCUT2D eigenvalue weighted by Gasteiger charge is 2.14. The molecule has 6 heteroatoms. The Labute approximate surface area is 149 Å². The number of fused-ring (bicyclic) bond motifs is 1. The van der Waals surface area contributed by atoms with Crippen LogP contribution in [-0.4, -0.2) is 22.6 Å². The van der Waals surface area contributed by atoms with E-state index in [4.69, 9.17) is 0 Å². The predicted octanol–water partition coefficient (Wildman–Crippen LogP) is 3.64. The molecule has 2 aromatic heterocycles. The molecular formula is C19H20N2O3S. The lowest BCUT2D eigenvalue weighted by Crippen LogP contribution is -2.25. The third-order valence-corrected chi connectivity index (χ3v) is 5.17. The smallest absolute Gasteiger partial charge is 0.305 e. The topological polar surface area (TPSA) is 61.2 Å². The molecule has 0 spiro atoms. The summed E-state index contributed by atoms with van der Waals surface area (Å²) >= 11 is 1.54. The van der Waals surface area contributed by atoms with Crippen molar-refractivity contribution in [2.24, 2.45) is 0 Å². The molecule has 130 valence electrons. The van der Waals surface area contributed by atoms with Crippen LogP contribution in [-0.2, 0) is 22.5 Å². The Kier molecular flexibility index (Phi) is 5.28. The summed E-state index contributed by atoms with van der Waals surface area (Å²) in [7, 11) is 1.37. The molecule has 2 heterocycles. The van der Waals surface area contributed by atoms with Gasteiger partial charge in [-0.25, -0.2) is 4.98 Å². The minimum atomic E-state index is -0.262. The maximum Gasteiger partial charge on any atom is 0.305 e. The zero-order valence-corrected chi connectivity index (χ0v) is 15.1. The molecule has 0 saturated heterocycles. The van der Waals surface area contributed by atoms with Gasteiger partial charge in [-0.3, -0.25) is 14.2 Å². The SMILES string of the molecule is CCc1nc2sc(-c3ccccc3)cc2c(=O)n1CCCC(=O)OC. The normalized spacial score (nSPS) is 11.0. The molecule has 1 aromatic carbocycles. The number of aromatic nitrogens is 2. The molecular weight excluding hydrogens is 336 g/mol. The largest absolute Gasteiger partial charge is 0.469 e. The first kappa shape index (κ1) is 17.4. The lowest BCUT2D eigenvalue weighted by molar-refractivity contribution is -0.140. The fourth-order valence-electron chi connectivity index (χ4n) is 2.79. The van der Waals surface area contributed by atoms with Crippen molar-refractivity contribution in [3.63, 3.8) is 0 Å². The van der Waals surface area contributed by atoms with E-state index in [2.05, 4.69) is 9.72 Å². The lowest BCUT2D eigenvalue weighted by atomic mass is 10.2. The van der Waals surface area contributed by atoms with E-state index in [0.717, 1.165) is 21.1 Å². The second-order valence-corrected chi connectivity index (χ2v) is 6.74. The van der Waals surface area contributed by atoms with E-state index in [0.29, 0.717) is 31.2 Å². The van der Waals surface area contributed by atoms with Crippen LogP contribution in [0.4, 0.5) is 0 Å². The van der Waals surface area contributed by atoms with Crippen LogP contribution in [0.25, 0.3) is 20.7 Å². The second-order valence-electron chi connectivity index (χ2n) is 5.71. The van der Waals surface area contributed by atoms with E-state index in [1.54, 1.807) is 4.57 Å². The maximum absolute atomic E-state index is 12.9. The first-order chi connectivity index (χ1) is 12.1. The molecule has 0 atom stereocenters. The van der Waals surface area contributed by atoms with Gasteiger partial charge in [0.25, 0.3) is 5.56 Å². The zero-order valence-electron chi connectivity index (χ0n) is 14.3. The van der Waals surface area contributed by atoms with Crippen molar-refractivity contribution in [3.8, 4) is 10.4 Å². The van der Waals surface area contributed by atoms with Crippen molar-refractivity contribution < 1.29 is 9.53 Å². The molecule has 0 bridgehead atoms. The van der Waals surface area contributed by atoms with Gasteiger partial charge in [0.15, 0.2) is 0 Å². The highest BCUT2D eigenvalue weighted by Crippen LogP contribution is 2.31. The number of hydrogen-bond donors (Lipinski definition) is 0. The van der Waals surface area contributed by atoms with E-state index in [1.165, 1.54) is 18.4 Å². The molecule has 0 saturated carbocycles. The minimum Gasteiger partial charge on any atom is -0.469 e. The molecule has 0 aliphatic heterocycles. The second kappa shape index (κ2) is 7.61. The fourth-order valence-corrected chi connectivity index (χ4v) is 3.83. The van der Waals surface area contributed by atoms with Crippen molar-refractivity contribution in [2.75, 3.05) is 7.11 Å². The predicted molar refractivity (Wildman–Crippen MR) is 99.9 cm³/mol. The maximum atomic E-state index is 12.9. The van der Waals surface area contributed by atoms with Gasteiger partial charge >= 0.3 is 5.97 Å². The van der Waals surface area contributed by atoms with Gasteiger partial charge in [-0.15, -0.1) is 11.3 Å². The summed E-state index contributed by atoms with van der Waals surface area (Å²) in [5, 5.41) is 0.638. The summed E-state index contributed by atoms with van der Waals surface area (Å²) in [4.78, 5) is 30.7. The van der Waals surface area contributed by atoms with E-state index in [-0.39, 0.29) is 11.5 Å². The molecule has 5 nitrogen and oxygen atoms in total. The summed E-state index contributed by atoms with van der Waals surface area (Å²) in [6, 6.07) is 11.9. The van der Waals surface area contributed by atoms with Crippen LogP contribution < -0.4 is 5.56 Å². The quantitative estimate of drug-likeness (QED) is 0.633. The van der Waals surface area contributed by atoms with E-state index in [9.17, 15) is 9.59 Å². The van der Waals surface area contributed by atoms with Crippen LogP contribution in [0.5, 0.6) is 0 Å². The highest BCUT2D eigenvalue weighted by molar-refractivity contribution is 7.21. The zero-order chi connectivity index (χ0) is 17.8. The summed E-state index contributed by atoms with van der Waals surface area (Å²) in [6.45, 7) is 2.45. The highest BCUT2D eigenvalue weighted by atomic mass is 32.1. The van der Waals surface area contributed by atoms with Crippen LogP contribution >= 0.6 is 11.3 Å². The van der Waals surface area contributed by atoms with Crippen molar-refractivity contribution >= 4 is 27.5 Å². The number of nitrogens with zero attached hydrogens (tertiary/aromatic N) is 2. The summed E-state index contributed by atoms with van der Waals surface area (Å²) in [6.07, 6.45) is 1.52. The van der Waals surface area contributed by atoms with Gasteiger partial charge in [0.1, 0.15) is 10.7 Å². The third kappa shape index (κ3) is 3.64. The number of carbonyl (C=O) groups is 1. The van der Waals surface area contributed by atoms with Gasteiger partial charge in [0.2, 0.25) is 0 Å². The van der Waals surface area contributed by atoms with Gasteiger partial charge in [0, 0.05) is 24.3 Å². The molecule has 0 aliphatic rings. The Bertz CT molecular complexity index is 944. The Morgan fingerprint density at radius 3 is 2.72 bits per heavy atom. The molecule has 0 N–H and O–H groups in total. The fraction of sp³-hybridized carbons (Fsp3) is 0.316. The summed E-state index contributed by atoms with van der Waals surface area (Å²) in [5.41, 5.74) is 1.05. The molecule has 3 aromatic rings. The van der Waals surface area contributed by atoms with Crippen LogP contribution in [0.15, 0.2) is 41.2 Å². The van der Waals surface area contributed by atoms with Gasteiger partial charge in [0.05, 0.1) is 12.5 Å². The Hall–Kier alpha value is -2.47. The average molecular weight is 356 g/mol. The molecule has 0 fully saturated rings. The molecule has 3 rings (SSSR count). The summed E-state index contributed by atoms with van der Waals surface area (Å²) < 4.78 is 6.34. The van der Waals surface area contributed by atoms with Crippen LogP contribution in [0.2, 0.25) is 0 Å². The number of carbonyl (C=O) groups excluding carboxylic acids is 1. The van der Waals surface area contributed by atoms with Crippen molar-refractivity contribution in [1.29, 1.82) is 0 Å². The van der Waals surface area contributed by atoms with Gasteiger partial charge in [-0.2, -0.15) is 0 Å². The number of aryl methyl sites for hydroxylation is 1. The van der Waals surface area contributed by atoms with Crippen molar-refractivity contribution in [2.45, 2.75) is 32.7 Å². The Morgan fingerprint density at radius 2 is 2.04 bits per heavy atom. The average Bonchev–Trinajstić information content (AvgIpc) is 3.08. The third-order valence-electron chi connectivity index (χ3n) is 4.10. The van der Waals surface area contributed by atoms with Gasteiger partial charge in [-0.05, 0) is 18.1 Å². The van der Waals surface area contributed by atoms with Crippen LogP contribution in [0, 0.1) is 0 Å². The van der Waals surface area contributed by atoms with Crippen LogP contribution in [0.1, 0.15) is 25.6 Å². The lowest BCUT2D eigenvalue weighted by Gasteiger charge is -2.10. The molecule has 0 aliphatic carbocycles. The molecule has 0 unspecified atom stereocenters. The number of methoxy groups -OCH3 is 1. The molecule has 0 amide bonds. The number of hydrogen-bond acceptors (Lipinski definition) is 5. The van der Waals surface area contributed by atoms with Gasteiger partial charge < -0.3 is 4.74 Å². The van der Waals surface area contributed by atoms with E-state index >= 15 is 0 Å². The van der Waals surface area contributed by atoms with Crippen molar-refractivity contribution in [1.82, 2.24) is 9.55 Å². The monoisotopic (exact) mass is 356 g/mol. The Balaban J connectivity index is 1.99. The first-order valence-corrected chi connectivity index (χ1v) is 9.11. The number of thiophene rings is 1.